The van der Waals surface area contributed by atoms with Crippen molar-refractivity contribution in [1.29, 1.82) is 0 Å². The minimum absolute atomic E-state index is 0.0800. The lowest BCUT2D eigenvalue weighted by Crippen LogP contribution is -2.62. The van der Waals surface area contributed by atoms with Crippen molar-refractivity contribution >= 4 is 5.91 Å². The molecule has 3 rings (SSSR count). The van der Waals surface area contributed by atoms with E-state index in [-0.39, 0.29) is 24.0 Å². The monoisotopic (exact) mass is 308 g/mol. The fourth-order valence-corrected chi connectivity index (χ4v) is 3.79. The van der Waals surface area contributed by atoms with Gasteiger partial charge in [0.15, 0.2) is 0 Å². The highest BCUT2D eigenvalue weighted by Gasteiger charge is 2.54. The first-order valence-electron chi connectivity index (χ1n) is 7.93. The van der Waals surface area contributed by atoms with Gasteiger partial charge in [-0.3, -0.25) is 4.79 Å². The van der Waals surface area contributed by atoms with E-state index >= 15 is 0 Å². The number of carbonyl (C=O) groups is 1. The molecule has 4 atom stereocenters. The summed E-state index contributed by atoms with van der Waals surface area (Å²) in [5.74, 6) is 1.61. The third kappa shape index (κ3) is 2.77. The van der Waals surface area contributed by atoms with Crippen molar-refractivity contribution < 1.29 is 18.8 Å². The standard InChI is InChI=1S/C16H24N2O4/c1-9-11(10(2)22-18-9)4-5-14(19)17-15-12-6-7-21-16(12)13(15)8-20-3/h12-13,15-16H,4-8H2,1-3H3,(H,17,19)/t12-,13+,15+,16-/m0/s1. The zero-order valence-electron chi connectivity index (χ0n) is 13.4. The molecule has 6 heteroatoms. The summed E-state index contributed by atoms with van der Waals surface area (Å²) < 4.78 is 16.1. The Morgan fingerprint density at radius 2 is 2.27 bits per heavy atom. The van der Waals surface area contributed by atoms with Gasteiger partial charge in [-0.2, -0.15) is 0 Å². The van der Waals surface area contributed by atoms with E-state index in [4.69, 9.17) is 14.0 Å². The number of ether oxygens (including phenoxy) is 2. The highest BCUT2D eigenvalue weighted by molar-refractivity contribution is 5.76. The van der Waals surface area contributed by atoms with Gasteiger partial charge in [0, 0.05) is 43.6 Å². The van der Waals surface area contributed by atoms with Crippen molar-refractivity contribution in [2.75, 3.05) is 20.3 Å². The van der Waals surface area contributed by atoms with E-state index in [1.165, 1.54) is 0 Å². The molecule has 22 heavy (non-hydrogen) atoms. The normalized spacial score (nSPS) is 30.0. The first kappa shape index (κ1) is 15.5. The van der Waals surface area contributed by atoms with E-state index in [0.29, 0.717) is 25.4 Å². The summed E-state index contributed by atoms with van der Waals surface area (Å²) >= 11 is 0. The molecule has 6 nitrogen and oxygen atoms in total. The molecule has 1 saturated heterocycles. The molecule has 1 aromatic heterocycles. The number of hydrogen-bond acceptors (Lipinski definition) is 5. The van der Waals surface area contributed by atoms with Gasteiger partial charge in [-0.1, -0.05) is 5.16 Å². The maximum absolute atomic E-state index is 12.3. The quantitative estimate of drug-likeness (QED) is 0.859. The van der Waals surface area contributed by atoms with Crippen LogP contribution < -0.4 is 5.32 Å². The smallest absolute Gasteiger partial charge is 0.220 e. The molecule has 0 unspecified atom stereocenters. The van der Waals surface area contributed by atoms with E-state index in [0.717, 1.165) is 30.0 Å². The minimum atomic E-state index is 0.0800. The van der Waals surface area contributed by atoms with Crippen molar-refractivity contribution in [3.8, 4) is 0 Å². The fraction of sp³-hybridized carbons (Fsp3) is 0.750. The number of aryl methyl sites for hydroxylation is 2. The Hall–Kier alpha value is -1.40. The summed E-state index contributed by atoms with van der Waals surface area (Å²) in [4.78, 5) is 12.3. The van der Waals surface area contributed by atoms with Gasteiger partial charge < -0.3 is 19.3 Å². The van der Waals surface area contributed by atoms with Gasteiger partial charge in [-0.25, -0.2) is 0 Å². The van der Waals surface area contributed by atoms with Crippen LogP contribution in [0.2, 0.25) is 0 Å². The third-order valence-electron chi connectivity index (χ3n) is 5.00. The van der Waals surface area contributed by atoms with Gasteiger partial charge in [-0.05, 0) is 26.7 Å². The Kier molecular flexibility index (Phi) is 4.49. The van der Waals surface area contributed by atoms with Gasteiger partial charge in [-0.15, -0.1) is 0 Å². The Balaban J connectivity index is 1.53. The first-order valence-corrected chi connectivity index (χ1v) is 7.93. The fourth-order valence-electron chi connectivity index (χ4n) is 3.79. The largest absolute Gasteiger partial charge is 0.384 e. The summed E-state index contributed by atoms with van der Waals surface area (Å²) in [6.45, 7) is 5.22. The van der Waals surface area contributed by atoms with E-state index in [2.05, 4.69) is 10.5 Å². The maximum Gasteiger partial charge on any atom is 0.220 e. The topological polar surface area (TPSA) is 73.6 Å². The Bertz CT molecular complexity index is 523. The van der Waals surface area contributed by atoms with Crippen LogP contribution >= 0.6 is 0 Å². The molecule has 1 amide bonds. The van der Waals surface area contributed by atoms with E-state index in [1.54, 1.807) is 7.11 Å². The summed E-state index contributed by atoms with van der Waals surface area (Å²) in [6, 6.07) is 0.185. The predicted octanol–water partition coefficient (Wildman–Crippen LogP) is 1.39. The number of rotatable bonds is 6. The number of aromatic nitrogens is 1. The van der Waals surface area contributed by atoms with Gasteiger partial charge in [0.1, 0.15) is 5.76 Å². The van der Waals surface area contributed by atoms with Gasteiger partial charge in [0.05, 0.1) is 18.4 Å². The molecule has 1 saturated carbocycles. The van der Waals surface area contributed by atoms with E-state index in [1.807, 2.05) is 13.8 Å². The molecule has 0 bridgehead atoms. The average Bonchev–Trinajstić information content (AvgIpc) is 3.05. The molecule has 1 aliphatic heterocycles. The highest BCUT2D eigenvalue weighted by atomic mass is 16.5. The molecule has 122 valence electrons. The molecule has 2 aliphatic rings. The number of fused-ring (bicyclic) bond motifs is 1. The summed E-state index contributed by atoms with van der Waals surface area (Å²) in [5.41, 5.74) is 1.91. The van der Waals surface area contributed by atoms with Crippen molar-refractivity contribution in [3.05, 3.63) is 17.0 Å². The summed E-state index contributed by atoms with van der Waals surface area (Å²) in [6.07, 6.45) is 2.41. The van der Waals surface area contributed by atoms with Crippen LogP contribution in [-0.4, -0.2) is 43.5 Å². The van der Waals surface area contributed by atoms with Crippen molar-refractivity contribution in [3.63, 3.8) is 0 Å². The van der Waals surface area contributed by atoms with Gasteiger partial charge >= 0.3 is 0 Å². The Labute approximate surface area is 130 Å². The molecule has 2 heterocycles. The third-order valence-corrected chi connectivity index (χ3v) is 5.00. The zero-order valence-corrected chi connectivity index (χ0v) is 13.4. The lowest BCUT2D eigenvalue weighted by molar-refractivity contribution is -0.129. The average molecular weight is 308 g/mol. The van der Waals surface area contributed by atoms with E-state index in [9.17, 15) is 4.79 Å². The second-order valence-electron chi connectivity index (χ2n) is 6.30. The van der Waals surface area contributed by atoms with Gasteiger partial charge in [0.2, 0.25) is 5.91 Å². The second-order valence-corrected chi connectivity index (χ2v) is 6.30. The molecular formula is C16H24N2O4. The zero-order chi connectivity index (χ0) is 15.7. The molecule has 0 spiro atoms. The lowest BCUT2D eigenvalue weighted by atomic mass is 9.67. The number of nitrogens with one attached hydrogen (secondary N) is 1. The second kappa shape index (κ2) is 6.38. The first-order chi connectivity index (χ1) is 10.6. The number of methoxy groups -OCH3 is 1. The molecule has 0 radical (unpaired) electrons. The summed E-state index contributed by atoms with van der Waals surface area (Å²) in [5, 5.41) is 7.10. The Morgan fingerprint density at radius 1 is 1.45 bits per heavy atom. The lowest BCUT2D eigenvalue weighted by Gasteiger charge is -2.47. The maximum atomic E-state index is 12.3. The van der Waals surface area contributed by atoms with Crippen LogP contribution in [0.3, 0.4) is 0 Å². The van der Waals surface area contributed by atoms with Crippen LogP contribution in [0.4, 0.5) is 0 Å². The van der Waals surface area contributed by atoms with E-state index < -0.39 is 0 Å². The van der Waals surface area contributed by atoms with Crippen LogP contribution in [0.25, 0.3) is 0 Å². The van der Waals surface area contributed by atoms with Crippen LogP contribution in [0.15, 0.2) is 4.52 Å². The van der Waals surface area contributed by atoms with Crippen molar-refractivity contribution in [2.24, 2.45) is 11.8 Å². The highest BCUT2D eigenvalue weighted by Crippen LogP contribution is 2.43. The number of carbonyl (C=O) groups excluding carboxylic acids is 1. The predicted molar refractivity (Wildman–Crippen MR) is 79.4 cm³/mol. The number of nitrogens with zero attached hydrogens (tertiary/aromatic N) is 1. The summed E-state index contributed by atoms with van der Waals surface area (Å²) in [7, 11) is 1.69. The molecule has 1 aromatic rings. The molecule has 0 aromatic carbocycles. The van der Waals surface area contributed by atoms with Crippen molar-refractivity contribution in [2.45, 2.75) is 45.3 Å². The van der Waals surface area contributed by atoms with Crippen molar-refractivity contribution in [1.82, 2.24) is 10.5 Å². The van der Waals surface area contributed by atoms with Crippen LogP contribution in [0.1, 0.15) is 29.9 Å². The molecule has 2 fully saturated rings. The minimum Gasteiger partial charge on any atom is -0.384 e. The van der Waals surface area contributed by atoms with Gasteiger partial charge in [0.25, 0.3) is 0 Å². The van der Waals surface area contributed by atoms with Crippen LogP contribution in [-0.2, 0) is 20.7 Å². The number of amides is 1. The molecular weight excluding hydrogens is 284 g/mol. The van der Waals surface area contributed by atoms with Crippen LogP contribution in [0.5, 0.6) is 0 Å². The molecule has 1 aliphatic carbocycles. The van der Waals surface area contributed by atoms with Crippen LogP contribution in [0, 0.1) is 25.7 Å². The molecule has 1 N–H and O–H groups in total. The number of hydrogen-bond donors (Lipinski definition) is 1. The Morgan fingerprint density at radius 3 is 2.95 bits per heavy atom. The SMILES string of the molecule is COC[C@@H]1[C@H](NC(=O)CCc2c(C)noc2C)[C@@H]2CCO[C@H]12.